The van der Waals surface area contributed by atoms with E-state index in [2.05, 4.69) is 0 Å². The van der Waals surface area contributed by atoms with Gasteiger partial charge in [0, 0.05) is 16.6 Å². The van der Waals surface area contributed by atoms with Crippen LogP contribution in [0.2, 0.25) is 10.0 Å². The Bertz CT molecular complexity index is 644. The molecule has 0 spiro atoms. The van der Waals surface area contributed by atoms with Crippen molar-refractivity contribution < 1.29 is 8.78 Å². The first-order valence-electron chi connectivity index (χ1n) is 6.03. The van der Waals surface area contributed by atoms with Crippen LogP contribution in [0.5, 0.6) is 0 Å². The molecule has 0 bridgehead atoms. The first-order chi connectivity index (χ1) is 9.38. The second-order valence-corrected chi connectivity index (χ2v) is 5.51. The predicted molar refractivity (Wildman–Crippen MR) is 78.2 cm³/mol. The van der Waals surface area contributed by atoms with Crippen molar-refractivity contribution in [3.8, 4) is 0 Å². The molecule has 2 aromatic rings. The van der Waals surface area contributed by atoms with Crippen LogP contribution >= 0.6 is 23.2 Å². The minimum Gasteiger partial charge on any atom is -0.324 e. The Morgan fingerprint density at radius 2 is 1.75 bits per heavy atom. The summed E-state index contributed by atoms with van der Waals surface area (Å²) in [4.78, 5) is 0. The summed E-state index contributed by atoms with van der Waals surface area (Å²) < 4.78 is 27.2. The summed E-state index contributed by atoms with van der Waals surface area (Å²) in [6.07, 6.45) is 0.317. The van der Waals surface area contributed by atoms with Crippen LogP contribution < -0.4 is 5.73 Å². The quantitative estimate of drug-likeness (QED) is 0.807. The van der Waals surface area contributed by atoms with Crippen LogP contribution in [-0.4, -0.2) is 0 Å². The van der Waals surface area contributed by atoms with E-state index >= 15 is 0 Å². The van der Waals surface area contributed by atoms with E-state index < -0.39 is 17.7 Å². The highest BCUT2D eigenvalue weighted by atomic mass is 35.5. The van der Waals surface area contributed by atoms with Gasteiger partial charge in [-0.25, -0.2) is 8.78 Å². The lowest BCUT2D eigenvalue weighted by Gasteiger charge is -2.15. The van der Waals surface area contributed by atoms with Gasteiger partial charge in [0.25, 0.3) is 0 Å². The third-order valence-corrected chi connectivity index (χ3v) is 3.73. The molecule has 1 nitrogen and oxygen atoms in total. The van der Waals surface area contributed by atoms with Crippen molar-refractivity contribution >= 4 is 23.2 Å². The van der Waals surface area contributed by atoms with Gasteiger partial charge in [-0.05, 0) is 42.7 Å². The molecule has 0 aliphatic heterocycles. The Hall–Kier alpha value is -1.16. The smallest absolute Gasteiger partial charge is 0.142 e. The molecule has 0 aromatic heterocycles. The van der Waals surface area contributed by atoms with Crippen molar-refractivity contribution in [1.29, 1.82) is 0 Å². The van der Waals surface area contributed by atoms with E-state index in [1.165, 1.54) is 0 Å². The van der Waals surface area contributed by atoms with Gasteiger partial charge in [-0.15, -0.1) is 0 Å². The van der Waals surface area contributed by atoms with E-state index in [0.717, 1.165) is 23.3 Å². The molecule has 20 heavy (non-hydrogen) atoms. The number of nitrogens with two attached hydrogens (primary N) is 1. The van der Waals surface area contributed by atoms with Gasteiger partial charge < -0.3 is 5.73 Å². The predicted octanol–water partition coefficient (Wildman–Crippen LogP) is 4.82. The van der Waals surface area contributed by atoms with Crippen LogP contribution in [0.3, 0.4) is 0 Å². The van der Waals surface area contributed by atoms with Crippen LogP contribution in [0.4, 0.5) is 8.78 Å². The highest BCUT2D eigenvalue weighted by molar-refractivity contribution is 6.31. The van der Waals surface area contributed by atoms with Gasteiger partial charge in [0.1, 0.15) is 11.6 Å². The molecule has 2 rings (SSSR count). The van der Waals surface area contributed by atoms with Crippen LogP contribution in [0.15, 0.2) is 30.3 Å². The minimum absolute atomic E-state index is 0.0866. The zero-order valence-electron chi connectivity index (χ0n) is 10.8. The van der Waals surface area contributed by atoms with E-state index in [4.69, 9.17) is 28.9 Å². The maximum Gasteiger partial charge on any atom is 0.142 e. The summed E-state index contributed by atoms with van der Waals surface area (Å²) in [5, 5.41) is 0.308. The molecule has 1 unspecified atom stereocenters. The Balaban J connectivity index is 2.28. The molecule has 1 atom stereocenters. The summed E-state index contributed by atoms with van der Waals surface area (Å²) in [6, 6.07) is 6.81. The van der Waals surface area contributed by atoms with Gasteiger partial charge in [0.05, 0.1) is 5.02 Å². The Labute approximate surface area is 126 Å². The molecule has 0 aliphatic carbocycles. The molecule has 0 heterocycles. The largest absolute Gasteiger partial charge is 0.324 e. The summed E-state index contributed by atoms with van der Waals surface area (Å²) in [7, 11) is 0. The van der Waals surface area contributed by atoms with Gasteiger partial charge in [-0.3, -0.25) is 0 Å². The van der Waals surface area contributed by atoms with E-state index in [-0.39, 0.29) is 10.6 Å². The third kappa shape index (κ3) is 3.29. The summed E-state index contributed by atoms with van der Waals surface area (Å²) in [6.45, 7) is 1.92. The zero-order chi connectivity index (χ0) is 14.9. The molecular weight excluding hydrogens is 303 g/mol. The molecule has 2 N–H and O–H groups in total. The van der Waals surface area contributed by atoms with Crippen molar-refractivity contribution in [2.45, 2.75) is 19.4 Å². The lowest BCUT2D eigenvalue weighted by molar-refractivity contribution is 0.561. The second-order valence-electron chi connectivity index (χ2n) is 4.69. The zero-order valence-corrected chi connectivity index (χ0v) is 12.3. The van der Waals surface area contributed by atoms with E-state index in [9.17, 15) is 8.78 Å². The van der Waals surface area contributed by atoms with Crippen LogP contribution in [-0.2, 0) is 6.42 Å². The first-order valence-corrected chi connectivity index (χ1v) is 6.79. The van der Waals surface area contributed by atoms with Crippen LogP contribution in [0.25, 0.3) is 0 Å². The maximum atomic E-state index is 13.8. The molecule has 2 aromatic carbocycles. The number of hydrogen-bond donors (Lipinski definition) is 1. The molecule has 0 aliphatic rings. The van der Waals surface area contributed by atoms with E-state index in [1.807, 2.05) is 25.1 Å². The molecule has 0 radical (unpaired) electrons. The third-order valence-electron chi connectivity index (χ3n) is 3.09. The molecule has 106 valence electrons. The van der Waals surface area contributed by atoms with E-state index in [0.29, 0.717) is 11.4 Å². The first kappa shape index (κ1) is 15.2. The lowest BCUT2D eigenvalue weighted by atomic mass is 9.98. The normalized spacial score (nSPS) is 12.5. The van der Waals surface area contributed by atoms with Crippen molar-refractivity contribution in [1.82, 2.24) is 0 Å². The minimum atomic E-state index is -0.693. The number of benzene rings is 2. The van der Waals surface area contributed by atoms with Crippen molar-refractivity contribution in [2.24, 2.45) is 5.73 Å². The molecule has 0 fully saturated rings. The molecule has 5 heteroatoms. The number of halogens is 4. The summed E-state index contributed by atoms with van der Waals surface area (Å²) in [5.74, 6) is -1.30. The topological polar surface area (TPSA) is 26.0 Å². The second kappa shape index (κ2) is 6.08. The SMILES string of the molecule is Cc1ccc(CC(N)c2cc(F)c(Cl)cc2F)c(Cl)c1. The summed E-state index contributed by atoms with van der Waals surface area (Å²) in [5.41, 5.74) is 7.85. The van der Waals surface area contributed by atoms with E-state index in [1.54, 1.807) is 0 Å². The number of rotatable bonds is 3. The Morgan fingerprint density at radius 1 is 1.05 bits per heavy atom. The van der Waals surface area contributed by atoms with Gasteiger partial charge >= 0.3 is 0 Å². The van der Waals surface area contributed by atoms with Gasteiger partial charge in [0.15, 0.2) is 0 Å². The van der Waals surface area contributed by atoms with Gasteiger partial charge in [-0.1, -0.05) is 35.3 Å². The Kier molecular flexibility index (Phi) is 4.63. The number of aryl methyl sites for hydroxylation is 1. The summed E-state index contributed by atoms with van der Waals surface area (Å²) >= 11 is 11.6. The van der Waals surface area contributed by atoms with Crippen molar-refractivity contribution in [3.05, 3.63) is 68.7 Å². The molecule has 0 saturated carbocycles. The van der Waals surface area contributed by atoms with Crippen molar-refractivity contribution in [3.63, 3.8) is 0 Å². The average molecular weight is 316 g/mol. The lowest BCUT2D eigenvalue weighted by Crippen LogP contribution is -2.15. The average Bonchev–Trinajstić information content (AvgIpc) is 2.37. The van der Waals surface area contributed by atoms with Crippen molar-refractivity contribution in [2.75, 3.05) is 0 Å². The molecular formula is C15H13Cl2F2N. The van der Waals surface area contributed by atoms with Gasteiger partial charge in [0.2, 0.25) is 0 Å². The fourth-order valence-corrected chi connectivity index (χ4v) is 2.45. The standard InChI is InChI=1S/C15H13Cl2F2N/c1-8-2-3-9(11(16)4-8)5-15(20)10-6-14(19)12(17)7-13(10)18/h2-4,6-7,15H,5,20H2,1H3. The molecule has 0 amide bonds. The van der Waals surface area contributed by atoms with Crippen LogP contribution in [0.1, 0.15) is 22.7 Å². The highest BCUT2D eigenvalue weighted by Gasteiger charge is 2.16. The Morgan fingerprint density at radius 3 is 2.40 bits per heavy atom. The monoisotopic (exact) mass is 315 g/mol. The fraction of sp³-hybridized carbons (Fsp3) is 0.200. The highest BCUT2D eigenvalue weighted by Crippen LogP contribution is 2.27. The molecule has 0 saturated heterocycles. The maximum absolute atomic E-state index is 13.8. The fourth-order valence-electron chi connectivity index (χ4n) is 1.99. The van der Waals surface area contributed by atoms with Gasteiger partial charge in [-0.2, -0.15) is 0 Å². The number of hydrogen-bond acceptors (Lipinski definition) is 1. The van der Waals surface area contributed by atoms with Crippen LogP contribution in [0, 0.1) is 18.6 Å².